The fourth-order valence-corrected chi connectivity index (χ4v) is 3.79. The van der Waals surface area contributed by atoms with Crippen molar-refractivity contribution in [3.8, 4) is 16.9 Å². The van der Waals surface area contributed by atoms with Gasteiger partial charge in [0.1, 0.15) is 11.6 Å². The lowest BCUT2D eigenvalue weighted by Gasteiger charge is -2.35. The fraction of sp³-hybridized carbons (Fsp3) is 0.231. The van der Waals surface area contributed by atoms with Crippen LogP contribution in [0.25, 0.3) is 17.2 Å². The number of anilines is 1. The molecule has 4 rings (SSSR count). The summed E-state index contributed by atoms with van der Waals surface area (Å²) in [6, 6.07) is 14.4. The van der Waals surface area contributed by atoms with Crippen LogP contribution in [-0.2, 0) is 0 Å². The maximum absolute atomic E-state index is 14.3. The van der Waals surface area contributed by atoms with Crippen molar-refractivity contribution < 1.29 is 13.9 Å². The van der Waals surface area contributed by atoms with Crippen molar-refractivity contribution in [1.82, 2.24) is 9.88 Å². The number of halogens is 1. The first-order valence-corrected chi connectivity index (χ1v) is 10.6. The summed E-state index contributed by atoms with van der Waals surface area (Å²) in [7, 11) is 3.59. The highest BCUT2D eigenvalue weighted by molar-refractivity contribution is 6.11. The van der Waals surface area contributed by atoms with Crippen LogP contribution in [0, 0.1) is 5.82 Å². The minimum absolute atomic E-state index is 0.167. The minimum Gasteiger partial charge on any atom is -0.497 e. The molecule has 0 amide bonds. The number of aromatic nitrogens is 1. The fourth-order valence-electron chi connectivity index (χ4n) is 3.79. The van der Waals surface area contributed by atoms with Crippen LogP contribution in [-0.4, -0.2) is 56.0 Å². The van der Waals surface area contributed by atoms with Gasteiger partial charge in [-0.2, -0.15) is 0 Å². The predicted octanol–water partition coefficient (Wildman–Crippen LogP) is 4.54. The first kappa shape index (κ1) is 21.7. The largest absolute Gasteiger partial charge is 0.497 e. The van der Waals surface area contributed by atoms with Gasteiger partial charge in [0.2, 0.25) is 0 Å². The van der Waals surface area contributed by atoms with Gasteiger partial charge in [-0.1, -0.05) is 12.1 Å². The van der Waals surface area contributed by atoms with Gasteiger partial charge in [-0.15, -0.1) is 0 Å². The van der Waals surface area contributed by atoms with Gasteiger partial charge in [0.15, 0.2) is 5.78 Å². The van der Waals surface area contributed by atoms with E-state index < -0.39 is 5.82 Å². The van der Waals surface area contributed by atoms with Crippen LogP contribution in [0.1, 0.15) is 15.9 Å². The summed E-state index contributed by atoms with van der Waals surface area (Å²) in [5, 5.41) is 0. The van der Waals surface area contributed by atoms with E-state index in [-0.39, 0.29) is 5.78 Å². The summed E-state index contributed by atoms with van der Waals surface area (Å²) >= 11 is 0. The zero-order valence-corrected chi connectivity index (χ0v) is 18.3. The molecular formula is C26H26FN3O2. The highest BCUT2D eigenvalue weighted by Crippen LogP contribution is 2.29. The van der Waals surface area contributed by atoms with E-state index in [1.807, 2.05) is 30.3 Å². The van der Waals surface area contributed by atoms with Gasteiger partial charge >= 0.3 is 0 Å². The Balaban J connectivity index is 1.68. The Morgan fingerprint density at radius 3 is 2.56 bits per heavy atom. The number of pyridine rings is 1. The van der Waals surface area contributed by atoms with E-state index in [1.54, 1.807) is 24.5 Å². The van der Waals surface area contributed by atoms with Gasteiger partial charge in [-0.25, -0.2) is 4.39 Å². The number of piperazine rings is 1. The molecule has 1 aromatic heterocycles. The molecule has 0 spiro atoms. The average Bonchev–Trinajstić information content (AvgIpc) is 2.83. The van der Waals surface area contributed by atoms with E-state index in [4.69, 9.17) is 4.74 Å². The Kier molecular flexibility index (Phi) is 6.61. The van der Waals surface area contributed by atoms with Crippen LogP contribution in [0.2, 0.25) is 0 Å². The predicted molar refractivity (Wildman–Crippen MR) is 126 cm³/mol. The normalized spacial score (nSPS) is 14.7. The summed E-state index contributed by atoms with van der Waals surface area (Å²) < 4.78 is 19.4. The van der Waals surface area contributed by atoms with Crippen LogP contribution < -0.4 is 9.64 Å². The number of hydrogen-bond donors (Lipinski definition) is 0. The number of benzene rings is 2. The second-order valence-corrected chi connectivity index (χ2v) is 7.85. The van der Waals surface area contributed by atoms with E-state index in [1.165, 1.54) is 25.3 Å². The second kappa shape index (κ2) is 9.75. The molecule has 2 aromatic carbocycles. The molecule has 1 fully saturated rings. The van der Waals surface area contributed by atoms with E-state index in [9.17, 15) is 9.18 Å². The van der Waals surface area contributed by atoms with E-state index in [0.29, 0.717) is 16.9 Å². The van der Waals surface area contributed by atoms with Gasteiger partial charge in [0, 0.05) is 67.0 Å². The molecule has 1 aliphatic rings. The van der Waals surface area contributed by atoms with Crippen molar-refractivity contribution in [1.29, 1.82) is 0 Å². The minimum atomic E-state index is -0.434. The van der Waals surface area contributed by atoms with E-state index in [0.717, 1.165) is 43.0 Å². The van der Waals surface area contributed by atoms with Crippen molar-refractivity contribution >= 4 is 17.5 Å². The quantitative estimate of drug-likeness (QED) is 0.423. The number of carbonyl (C=O) groups is 1. The molecule has 1 saturated heterocycles. The monoisotopic (exact) mass is 431 g/mol. The lowest BCUT2D eigenvalue weighted by Crippen LogP contribution is -2.45. The number of rotatable bonds is 6. The van der Waals surface area contributed by atoms with Crippen LogP contribution >= 0.6 is 0 Å². The molecular weight excluding hydrogens is 405 g/mol. The number of hydrogen-bond acceptors (Lipinski definition) is 5. The Hall–Kier alpha value is -3.51. The lowest BCUT2D eigenvalue weighted by atomic mass is 9.99. The second-order valence-electron chi connectivity index (χ2n) is 7.85. The highest BCUT2D eigenvalue weighted by Gasteiger charge is 2.20. The Morgan fingerprint density at radius 2 is 1.88 bits per heavy atom. The summed E-state index contributed by atoms with van der Waals surface area (Å²) in [5.41, 5.74) is 3.69. The Labute approximate surface area is 187 Å². The molecule has 0 aliphatic carbocycles. The Morgan fingerprint density at radius 1 is 1.06 bits per heavy atom. The number of likely N-dealkylation sites (N-methyl/N-ethyl adjacent to an activating group) is 1. The van der Waals surface area contributed by atoms with E-state index in [2.05, 4.69) is 21.8 Å². The molecule has 164 valence electrons. The maximum Gasteiger partial charge on any atom is 0.187 e. The zero-order valence-electron chi connectivity index (χ0n) is 18.3. The molecule has 0 atom stereocenters. The number of nitrogens with zero attached hydrogens (tertiary/aromatic N) is 3. The van der Waals surface area contributed by atoms with Crippen molar-refractivity contribution in [2.24, 2.45) is 0 Å². The summed E-state index contributed by atoms with van der Waals surface area (Å²) in [6.07, 6.45) is 6.45. The number of allylic oxidation sites excluding steroid dienone is 1. The first-order chi connectivity index (χ1) is 15.5. The Bertz CT molecular complexity index is 1120. The average molecular weight is 432 g/mol. The number of methoxy groups -OCH3 is 1. The van der Waals surface area contributed by atoms with Crippen LogP contribution in [0.4, 0.5) is 10.1 Å². The van der Waals surface area contributed by atoms with Crippen molar-refractivity contribution in [3.63, 3.8) is 0 Å². The van der Waals surface area contributed by atoms with E-state index >= 15 is 0 Å². The van der Waals surface area contributed by atoms with Gasteiger partial charge < -0.3 is 14.5 Å². The molecule has 0 unspecified atom stereocenters. The van der Waals surface area contributed by atoms with Crippen LogP contribution in [0.5, 0.6) is 5.75 Å². The van der Waals surface area contributed by atoms with Crippen molar-refractivity contribution in [2.45, 2.75) is 0 Å². The van der Waals surface area contributed by atoms with Gasteiger partial charge in [-0.05, 0) is 55.1 Å². The molecule has 0 saturated carbocycles. The third-order valence-corrected chi connectivity index (χ3v) is 5.72. The van der Waals surface area contributed by atoms with Gasteiger partial charge in [0.05, 0.1) is 7.11 Å². The molecule has 5 nitrogen and oxygen atoms in total. The molecule has 2 heterocycles. The maximum atomic E-state index is 14.3. The molecule has 0 N–H and O–H groups in total. The lowest BCUT2D eigenvalue weighted by molar-refractivity contribution is 0.104. The zero-order chi connectivity index (χ0) is 22.5. The number of carbonyl (C=O) groups excluding carboxylic acids is 1. The first-order valence-electron chi connectivity index (χ1n) is 10.6. The van der Waals surface area contributed by atoms with Crippen molar-refractivity contribution in [3.05, 3.63) is 83.9 Å². The summed E-state index contributed by atoms with van der Waals surface area (Å²) in [6.45, 7) is 3.56. The van der Waals surface area contributed by atoms with Gasteiger partial charge in [-0.3, -0.25) is 9.78 Å². The molecule has 0 bridgehead atoms. The third kappa shape index (κ3) is 4.86. The summed E-state index contributed by atoms with van der Waals surface area (Å²) in [4.78, 5) is 22.0. The third-order valence-electron chi connectivity index (χ3n) is 5.72. The smallest absolute Gasteiger partial charge is 0.187 e. The molecule has 6 heteroatoms. The highest BCUT2D eigenvalue weighted by atomic mass is 19.1. The molecule has 1 aliphatic heterocycles. The molecule has 32 heavy (non-hydrogen) atoms. The topological polar surface area (TPSA) is 45.7 Å². The summed E-state index contributed by atoms with van der Waals surface area (Å²) in [5.74, 6) is -0.163. The number of ketones is 1. The van der Waals surface area contributed by atoms with Crippen LogP contribution in [0.3, 0.4) is 0 Å². The van der Waals surface area contributed by atoms with Crippen LogP contribution in [0.15, 0.2) is 67.0 Å². The number of ether oxygens (including phenoxy) is 1. The van der Waals surface area contributed by atoms with Gasteiger partial charge in [0.25, 0.3) is 0 Å². The SMILES string of the molecule is COc1ccc(C=CC(=O)c2cc(-c3cccnc3)ccc2N2CCN(C)CC2)c(F)c1. The standard InChI is InChI=1S/C26H26FN3O2/c1-29-12-14-30(15-13-29)25-9-6-20(21-4-3-11-28-18-21)16-23(25)26(31)10-7-19-5-8-22(32-2)17-24(19)27/h3-11,16-18H,12-15H2,1-2H3. The molecule has 3 aromatic rings. The molecule has 0 radical (unpaired) electrons. The van der Waals surface area contributed by atoms with Crippen molar-refractivity contribution in [2.75, 3.05) is 45.2 Å².